The van der Waals surface area contributed by atoms with Crippen molar-refractivity contribution in [2.45, 2.75) is 25.1 Å². The summed E-state index contributed by atoms with van der Waals surface area (Å²) in [5, 5.41) is 2.61. The van der Waals surface area contributed by atoms with Gasteiger partial charge in [0, 0.05) is 13.1 Å². The number of amides is 2. The Balaban J connectivity index is 1.95. The number of likely N-dealkylation sites (tertiary alicyclic amines) is 1. The van der Waals surface area contributed by atoms with E-state index in [-0.39, 0.29) is 24.4 Å². The molecule has 0 aliphatic carbocycles. The van der Waals surface area contributed by atoms with Crippen LogP contribution in [0.5, 0.6) is 0 Å². The summed E-state index contributed by atoms with van der Waals surface area (Å²) in [5.41, 5.74) is 0. The monoisotopic (exact) mass is 266 g/mol. The zero-order valence-electron chi connectivity index (χ0n) is 9.50. The number of halogens is 3. The van der Waals surface area contributed by atoms with Crippen molar-refractivity contribution in [2.75, 3.05) is 19.7 Å². The van der Waals surface area contributed by atoms with Gasteiger partial charge in [0.15, 0.2) is 6.61 Å². The fourth-order valence-electron chi connectivity index (χ4n) is 2.40. The van der Waals surface area contributed by atoms with Gasteiger partial charge in [-0.3, -0.25) is 4.79 Å². The van der Waals surface area contributed by atoms with E-state index in [4.69, 9.17) is 0 Å². The van der Waals surface area contributed by atoms with Gasteiger partial charge in [0.2, 0.25) is 5.91 Å². The number of hydrogen-bond donors (Lipinski definition) is 1. The number of rotatable bonds is 1. The largest absolute Gasteiger partial charge is 0.440 e. The second kappa shape index (κ2) is 4.66. The standard InChI is InChI=1S/C10H13F3N2O3/c11-10(12,13)5-18-9(17)15-3-1-2-6-7(15)4-14-8(6)16/h6-7H,1-5H2,(H,14,16). The van der Waals surface area contributed by atoms with Gasteiger partial charge in [0.05, 0.1) is 12.0 Å². The molecule has 2 aliphatic rings. The van der Waals surface area contributed by atoms with Crippen molar-refractivity contribution >= 4 is 12.0 Å². The van der Waals surface area contributed by atoms with E-state index in [0.717, 1.165) is 0 Å². The van der Waals surface area contributed by atoms with Crippen LogP contribution < -0.4 is 5.32 Å². The molecular formula is C10H13F3N2O3. The van der Waals surface area contributed by atoms with Crippen LogP contribution in [0.1, 0.15) is 12.8 Å². The highest BCUT2D eigenvalue weighted by atomic mass is 19.4. The predicted molar refractivity (Wildman–Crippen MR) is 53.6 cm³/mol. The molecule has 0 saturated carbocycles. The predicted octanol–water partition coefficient (Wildman–Crippen LogP) is 0.896. The van der Waals surface area contributed by atoms with Gasteiger partial charge in [0.25, 0.3) is 0 Å². The Bertz CT molecular complexity index is 359. The van der Waals surface area contributed by atoms with Crippen molar-refractivity contribution in [1.82, 2.24) is 10.2 Å². The molecule has 102 valence electrons. The van der Waals surface area contributed by atoms with E-state index in [0.29, 0.717) is 19.4 Å². The van der Waals surface area contributed by atoms with Gasteiger partial charge in [-0.25, -0.2) is 4.79 Å². The Morgan fingerprint density at radius 2 is 2.22 bits per heavy atom. The minimum absolute atomic E-state index is 0.145. The third-order valence-corrected chi connectivity index (χ3v) is 3.19. The Morgan fingerprint density at radius 3 is 2.89 bits per heavy atom. The van der Waals surface area contributed by atoms with Crippen LogP contribution in [0.2, 0.25) is 0 Å². The van der Waals surface area contributed by atoms with Gasteiger partial charge >= 0.3 is 12.3 Å². The molecule has 2 amide bonds. The second-order valence-electron chi connectivity index (χ2n) is 4.42. The first-order valence-corrected chi connectivity index (χ1v) is 5.66. The molecule has 2 aliphatic heterocycles. The molecule has 1 N–H and O–H groups in total. The SMILES string of the molecule is O=C1NCC2C1CCCN2C(=O)OCC(F)(F)F. The molecule has 2 fully saturated rings. The van der Waals surface area contributed by atoms with E-state index in [1.165, 1.54) is 4.90 Å². The Hall–Kier alpha value is -1.47. The minimum Gasteiger partial charge on any atom is -0.440 e. The maximum Gasteiger partial charge on any atom is 0.422 e. The molecule has 2 unspecified atom stereocenters. The third-order valence-electron chi connectivity index (χ3n) is 3.19. The van der Waals surface area contributed by atoms with Crippen LogP contribution in [0.15, 0.2) is 0 Å². The summed E-state index contributed by atoms with van der Waals surface area (Å²) in [6.07, 6.45) is -4.29. The summed E-state index contributed by atoms with van der Waals surface area (Å²) in [6.45, 7) is -0.988. The Labute approximate surface area is 101 Å². The first-order valence-electron chi connectivity index (χ1n) is 5.66. The van der Waals surface area contributed by atoms with E-state index in [9.17, 15) is 22.8 Å². The number of hydrogen-bond acceptors (Lipinski definition) is 3. The van der Waals surface area contributed by atoms with Crippen LogP contribution in [0.25, 0.3) is 0 Å². The van der Waals surface area contributed by atoms with Gasteiger partial charge in [-0.05, 0) is 12.8 Å². The fraction of sp³-hybridized carbons (Fsp3) is 0.800. The summed E-state index contributed by atoms with van der Waals surface area (Å²) >= 11 is 0. The number of alkyl halides is 3. The normalized spacial score (nSPS) is 27.7. The molecule has 2 heterocycles. The first-order chi connectivity index (χ1) is 8.38. The third kappa shape index (κ3) is 2.68. The lowest BCUT2D eigenvalue weighted by atomic mass is 9.92. The molecule has 2 rings (SSSR count). The van der Waals surface area contributed by atoms with E-state index in [1.54, 1.807) is 0 Å². The summed E-state index contributed by atoms with van der Waals surface area (Å²) in [4.78, 5) is 24.2. The van der Waals surface area contributed by atoms with E-state index in [1.807, 2.05) is 0 Å². The lowest BCUT2D eigenvalue weighted by Crippen LogP contribution is -2.49. The van der Waals surface area contributed by atoms with Gasteiger partial charge in [-0.1, -0.05) is 0 Å². The van der Waals surface area contributed by atoms with Crippen LogP contribution in [0, 0.1) is 5.92 Å². The van der Waals surface area contributed by atoms with Crippen molar-refractivity contribution in [3.05, 3.63) is 0 Å². The molecule has 0 bridgehead atoms. The van der Waals surface area contributed by atoms with Crippen molar-refractivity contribution < 1.29 is 27.5 Å². The van der Waals surface area contributed by atoms with E-state index < -0.39 is 18.9 Å². The minimum atomic E-state index is -4.53. The van der Waals surface area contributed by atoms with Crippen LogP contribution in [0.3, 0.4) is 0 Å². The van der Waals surface area contributed by atoms with Crippen LogP contribution in [-0.4, -0.2) is 48.8 Å². The maximum absolute atomic E-state index is 12.0. The van der Waals surface area contributed by atoms with E-state index in [2.05, 4.69) is 10.1 Å². The zero-order valence-corrected chi connectivity index (χ0v) is 9.50. The maximum atomic E-state index is 12.0. The highest BCUT2D eigenvalue weighted by Crippen LogP contribution is 2.28. The van der Waals surface area contributed by atoms with Crippen molar-refractivity contribution in [3.8, 4) is 0 Å². The molecular weight excluding hydrogens is 253 g/mol. The molecule has 0 aromatic heterocycles. The molecule has 2 saturated heterocycles. The number of ether oxygens (including phenoxy) is 1. The summed E-state index contributed by atoms with van der Waals surface area (Å²) in [5.74, 6) is -0.467. The van der Waals surface area contributed by atoms with Gasteiger partial charge in [0.1, 0.15) is 0 Å². The highest BCUT2D eigenvalue weighted by molar-refractivity contribution is 5.83. The van der Waals surface area contributed by atoms with Gasteiger partial charge in [-0.2, -0.15) is 13.2 Å². The number of piperidine rings is 1. The van der Waals surface area contributed by atoms with Crippen molar-refractivity contribution in [3.63, 3.8) is 0 Å². The van der Waals surface area contributed by atoms with Crippen molar-refractivity contribution in [2.24, 2.45) is 5.92 Å². The number of nitrogens with one attached hydrogen (secondary N) is 1. The van der Waals surface area contributed by atoms with Crippen LogP contribution >= 0.6 is 0 Å². The summed E-state index contributed by atoms with van der Waals surface area (Å²) < 4.78 is 40.1. The molecule has 0 spiro atoms. The van der Waals surface area contributed by atoms with Crippen LogP contribution in [-0.2, 0) is 9.53 Å². The molecule has 2 atom stereocenters. The summed E-state index contributed by atoms with van der Waals surface area (Å²) in [7, 11) is 0. The topological polar surface area (TPSA) is 58.6 Å². The Morgan fingerprint density at radius 1 is 1.50 bits per heavy atom. The average molecular weight is 266 g/mol. The quantitative estimate of drug-likeness (QED) is 0.767. The Kier molecular flexibility index (Phi) is 3.36. The molecule has 8 heteroatoms. The van der Waals surface area contributed by atoms with Gasteiger partial charge < -0.3 is 15.0 Å². The van der Waals surface area contributed by atoms with E-state index >= 15 is 0 Å². The fourth-order valence-corrected chi connectivity index (χ4v) is 2.40. The zero-order chi connectivity index (χ0) is 13.3. The van der Waals surface area contributed by atoms with Crippen molar-refractivity contribution in [1.29, 1.82) is 0 Å². The molecule has 5 nitrogen and oxygen atoms in total. The van der Waals surface area contributed by atoms with Gasteiger partial charge in [-0.15, -0.1) is 0 Å². The number of nitrogens with zero attached hydrogens (tertiary/aromatic N) is 1. The number of carbonyl (C=O) groups is 2. The highest BCUT2D eigenvalue weighted by Gasteiger charge is 2.43. The first kappa shape index (κ1) is 13.0. The molecule has 18 heavy (non-hydrogen) atoms. The molecule has 0 radical (unpaired) electrons. The second-order valence-corrected chi connectivity index (χ2v) is 4.42. The van der Waals surface area contributed by atoms with Crippen LogP contribution in [0.4, 0.5) is 18.0 Å². The summed E-state index contributed by atoms with van der Waals surface area (Å²) in [6, 6.07) is -0.382. The lowest BCUT2D eigenvalue weighted by molar-refractivity contribution is -0.163. The smallest absolute Gasteiger partial charge is 0.422 e. The molecule has 0 aromatic rings. The lowest BCUT2D eigenvalue weighted by Gasteiger charge is -2.34. The number of carbonyl (C=O) groups excluding carboxylic acids is 2. The average Bonchev–Trinajstić information content (AvgIpc) is 2.67. The molecule has 0 aromatic carbocycles. The number of fused-ring (bicyclic) bond motifs is 1.